The maximum Gasteiger partial charge on any atom is 0.339 e. The molecule has 168 valence electrons. The Bertz CT molecular complexity index is 1340. The Morgan fingerprint density at radius 3 is 2.15 bits per heavy atom. The average Bonchev–Trinajstić information content (AvgIpc) is 3.05. The van der Waals surface area contributed by atoms with E-state index in [0.29, 0.717) is 21.2 Å². The summed E-state index contributed by atoms with van der Waals surface area (Å²) < 4.78 is 29.8. The SMILES string of the molecule is O=C1S/C(=C\c2ccc(OS(=O)(=O)c3ccccc3)cc2)C(=O)N1Cc1c(Cl)cccc1Cl. The molecule has 2 amide bonds. The van der Waals surface area contributed by atoms with E-state index in [-0.39, 0.29) is 22.1 Å². The van der Waals surface area contributed by atoms with Crippen LogP contribution in [0.5, 0.6) is 5.75 Å². The third-order valence-corrected chi connectivity index (χ3v) is 7.54. The number of halogens is 2. The summed E-state index contributed by atoms with van der Waals surface area (Å²) in [5.41, 5.74) is 1.09. The zero-order valence-corrected chi connectivity index (χ0v) is 19.9. The largest absolute Gasteiger partial charge is 0.379 e. The van der Waals surface area contributed by atoms with Crippen molar-refractivity contribution in [3.05, 3.63) is 98.9 Å². The minimum absolute atomic E-state index is 0.0371. The fraction of sp³-hybridized carbons (Fsp3) is 0.0435. The van der Waals surface area contributed by atoms with E-state index in [4.69, 9.17) is 27.4 Å². The number of hydrogen-bond donors (Lipinski definition) is 0. The number of rotatable bonds is 6. The van der Waals surface area contributed by atoms with Crippen LogP contribution in [0, 0.1) is 0 Å². The maximum absolute atomic E-state index is 12.8. The van der Waals surface area contributed by atoms with Gasteiger partial charge in [0.05, 0.1) is 11.4 Å². The standard InChI is InChI=1S/C23H15Cl2NO5S2/c24-19-7-4-8-20(25)18(19)14-26-22(27)21(32-23(26)28)13-15-9-11-16(12-10-15)31-33(29,30)17-5-2-1-3-6-17/h1-13H,14H2/b21-13-. The molecule has 0 unspecified atom stereocenters. The van der Waals surface area contributed by atoms with E-state index < -0.39 is 21.3 Å². The second kappa shape index (κ2) is 9.61. The highest BCUT2D eigenvalue weighted by Gasteiger charge is 2.35. The molecule has 0 N–H and O–H groups in total. The van der Waals surface area contributed by atoms with Gasteiger partial charge in [-0.3, -0.25) is 14.5 Å². The number of benzene rings is 3. The number of amides is 2. The van der Waals surface area contributed by atoms with Crippen LogP contribution in [0.15, 0.2) is 82.6 Å². The number of carbonyl (C=O) groups excluding carboxylic acids is 2. The monoisotopic (exact) mass is 519 g/mol. The topological polar surface area (TPSA) is 80.8 Å². The highest BCUT2D eigenvalue weighted by Crippen LogP contribution is 2.35. The molecule has 6 nitrogen and oxygen atoms in total. The van der Waals surface area contributed by atoms with Crippen molar-refractivity contribution in [1.82, 2.24) is 4.90 Å². The number of thioether (sulfide) groups is 1. The van der Waals surface area contributed by atoms with Crippen LogP contribution in [0.25, 0.3) is 6.08 Å². The number of imide groups is 1. The number of hydrogen-bond acceptors (Lipinski definition) is 6. The zero-order valence-electron chi connectivity index (χ0n) is 16.8. The highest BCUT2D eigenvalue weighted by atomic mass is 35.5. The van der Waals surface area contributed by atoms with Gasteiger partial charge in [-0.25, -0.2) is 0 Å². The van der Waals surface area contributed by atoms with Gasteiger partial charge in [0, 0.05) is 15.6 Å². The lowest BCUT2D eigenvalue weighted by atomic mass is 10.2. The lowest BCUT2D eigenvalue weighted by molar-refractivity contribution is -0.123. The Kier molecular flexibility index (Phi) is 6.81. The van der Waals surface area contributed by atoms with Gasteiger partial charge in [0.15, 0.2) is 0 Å². The molecule has 1 aliphatic rings. The summed E-state index contributed by atoms with van der Waals surface area (Å²) >= 11 is 13.1. The lowest BCUT2D eigenvalue weighted by Crippen LogP contribution is -2.27. The summed E-state index contributed by atoms with van der Waals surface area (Å²) in [6, 6.07) is 18.9. The van der Waals surface area contributed by atoms with Crippen molar-refractivity contribution in [3.63, 3.8) is 0 Å². The third kappa shape index (κ3) is 5.25. The predicted molar refractivity (Wildman–Crippen MR) is 129 cm³/mol. The normalized spacial score (nSPS) is 15.3. The molecular formula is C23H15Cl2NO5S2. The highest BCUT2D eigenvalue weighted by molar-refractivity contribution is 8.18. The quantitative estimate of drug-likeness (QED) is 0.293. The van der Waals surface area contributed by atoms with Crippen LogP contribution in [0.1, 0.15) is 11.1 Å². The van der Waals surface area contributed by atoms with Crippen molar-refractivity contribution < 1.29 is 22.2 Å². The van der Waals surface area contributed by atoms with Crippen LogP contribution in [0.4, 0.5) is 4.79 Å². The molecule has 0 aromatic heterocycles. The molecule has 3 aromatic rings. The van der Waals surface area contributed by atoms with Crippen molar-refractivity contribution in [2.24, 2.45) is 0 Å². The first-order chi connectivity index (χ1) is 15.7. The van der Waals surface area contributed by atoms with Gasteiger partial charge in [0.1, 0.15) is 10.6 Å². The molecular weight excluding hydrogens is 505 g/mol. The Labute approximate surface area is 204 Å². The molecule has 0 radical (unpaired) electrons. The van der Waals surface area contributed by atoms with Crippen molar-refractivity contribution in [2.45, 2.75) is 11.4 Å². The molecule has 3 aromatic carbocycles. The smallest absolute Gasteiger partial charge is 0.339 e. The first kappa shape index (κ1) is 23.4. The van der Waals surface area contributed by atoms with Gasteiger partial charge in [0.25, 0.3) is 11.1 Å². The van der Waals surface area contributed by atoms with Crippen LogP contribution >= 0.6 is 35.0 Å². The van der Waals surface area contributed by atoms with E-state index >= 15 is 0 Å². The summed E-state index contributed by atoms with van der Waals surface area (Å²) in [6.07, 6.45) is 1.55. The van der Waals surface area contributed by atoms with Gasteiger partial charge in [-0.1, -0.05) is 59.6 Å². The van der Waals surface area contributed by atoms with Crippen molar-refractivity contribution in [2.75, 3.05) is 0 Å². The average molecular weight is 520 g/mol. The minimum Gasteiger partial charge on any atom is -0.379 e. The molecule has 33 heavy (non-hydrogen) atoms. The second-order valence-corrected chi connectivity index (χ2v) is 10.2. The van der Waals surface area contributed by atoms with Crippen molar-refractivity contribution in [1.29, 1.82) is 0 Å². The minimum atomic E-state index is -3.96. The second-order valence-electron chi connectivity index (χ2n) is 6.89. The third-order valence-electron chi connectivity index (χ3n) is 4.67. The molecule has 0 atom stereocenters. The molecule has 1 heterocycles. The fourth-order valence-corrected chi connectivity index (χ4v) is 5.32. The Balaban J connectivity index is 1.49. The van der Waals surface area contributed by atoms with E-state index in [9.17, 15) is 18.0 Å². The number of carbonyl (C=O) groups is 2. The van der Waals surface area contributed by atoms with Crippen LogP contribution < -0.4 is 4.18 Å². The van der Waals surface area contributed by atoms with E-state index in [2.05, 4.69) is 0 Å². The van der Waals surface area contributed by atoms with Crippen molar-refractivity contribution >= 4 is 62.3 Å². The summed E-state index contributed by atoms with van der Waals surface area (Å²) in [4.78, 5) is 26.5. The fourth-order valence-electron chi connectivity index (χ4n) is 3.01. The van der Waals surface area contributed by atoms with Gasteiger partial charge in [0.2, 0.25) is 0 Å². The first-order valence-electron chi connectivity index (χ1n) is 9.52. The predicted octanol–water partition coefficient (Wildman–Crippen LogP) is 6.00. The van der Waals surface area contributed by atoms with Gasteiger partial charge in [-0.2, -0.15) is 8.42 Å². The van der Waals surface area contributed by atoms with Gasteiger partial charge < -0.3 is 4.18 Å². The molecule has 1 aliphatic heterocycles. The Morgan fingerprint density at radius 2 is 1.52 bits per heavy atom. The summed E-state index contributed by atoms with van der Waals surface area (Å²) in [6.45, 7) is -0.0371. The Morgan fingerprint density at radius 1 is 0.879 bits per heavy atom. The van der Waals surface area contributed by atoms with E-state index in [1.807, 2.05) is 0 Å². The molecule has 1 saturated heterocycles. The maximum atomic E-state index is 12.8. The Hall–Kier alpha value is -2.78. The van der Waals surface area contributed by atoms with Crippen LogP contribution in [-0.4, -0.2) is 24.5 Å². The van der Waals surface area contributed by atoms with Crippen LogP contribution in [-0.2, 0) is 21.5 Å². The summed E-state index contributed by atoms with van der Waals surface area (Å²) in [7, 11) is -3.96. The molecule has 0 bridgehead atoms. The lowest BCUT2D eigenvalue weighted by Gasteiger charge is -2.14. The molecule has 0 aliphatic carbocycles. The molecule has 0 spiro atoms. The zero-order chi connectivity index (χ0) is 23.6. The molecule has 4 rings (SSSR count). The summed E-state index contributed by atoms with van der Waals surface area (Å²) in [5, 5.41) is 0.300. The van der Waals surface area contributed by atoms with Gasteiger partial charge in [-0.05, 0) is 59.8 Å². The van der Waals surface area contributed by atoms with Crippen LogP contribution in [0.3, 0.4) is 0 Å². The van der Waals surface area contributed by atoms with Gasteiger partial charge >= 0.3 is 10.1 Å². The molecule has 10 heteroatoms. The van der Waals surface area contributed by atoms with Gasteiger partial charge in [-0.15, -0.1) is 0 Å². The summed E-state index contributed by atoms with van der Waals surface area (Å²) in [5.74, 6) is -0.342. The van der Waals surface area contributed by atoms with Crippen LogP contribution in [0.2, 0.25) is 10.0 Å². The van der Waals surface area contributed by atoms with E-state index in [1.54, 1.807) is 54.6 Å². The first-order valence-corrected chi connectivity index (χ1v) is 12.5. The number of nitrogens with zero attached hydrogens (tertiary/aromatic N) is 1. The van der Waals surface area contributed by atoms with E-state index in [0.717, 1.165) is 16.7 Å². The van der Waals surface area contributed by atoms with E-state index in [1.165, 1.54) is 24.3 Å². The van der Waals surface area contributed by atoms with Crippen molar-refractivity contribution in [3.8, 4) is 5.75 Å². The molecule has 0 saturated carbocycles. The molecule has 1 fully saturated rings.